The molecule has 88 valence electrons. The molecule has 1 aromatic rings. The first-order chi connectivity index (χ1) is 7.75. The minimum absolute atomic E-state index is 0.145. The maximum atomic E-state index is 13.0. The minimum atomic E-state index is -0.644. The van der Waals surface area contributed by atoms with Crippen LogP contribution in [-0.4, -0.2) is 30.9 Å². The Morgan fingerprint density at radius 1 is 1.56 bits per heavy atom. The fraction of sp³-hybridized carbons (Fsp3) is 0.500. The Hall–Kier alpha value is -0.970. The second-order valence-corrected chi connectivity index (χ2v) is 4.03. The van der Waals surface area contributed by atoms with Crippen LogP contribution in [-0.2, 0) is 4.74 Å². The zero-order valence-electron chi connectivity index (χ0n) is 9.03. The van der Waals surface area contributed by atoms with Gasteiger partial charge >= 0.3 is 0 Å². The van der Waals surface area contributed by atoms with Gasteiger partial charge in [-0.3, -0.25) is 0 Å². The van der Waals surface area contributed by atoms with Crippen molar-refractivity contribution in [1.29, 1.82) is 0 Å². The number of aliphatic hydroxyl groups excluding tert-OH is 1. The zero-order valence-corrected chi connectivity index (χ0v) is 9.03. The van der Waals surface area contributed by atoms with Crippen molar-refractivity contribution in [3.05, 3.63) is 35.6 Å². The SMILES string of the molecule is OC(CC1COCCN1)c1cccc(F)c1. The van der Waals surface area contributed by atoms with Crippen LogP contribution in [0.4, 0.5) is 4.39 Å². The Kier molecular flexibility index (Phi) is 3.88. The number of nitrogens with one attached hydrogen (secondary N) is 1. The van der Waals surface area contributed by atoms with Gasteiger partial charge in [0.05, 0.1) is 19.3 Å². The topological polar surface area (TPSA) is 41.5 Å². The Bertz CT molecular complexity index is 340. The number of hydrogen-bond donors (Lipinski definition) is 2. The van der Waals surface area contributed by atoms with Crippen LogP contribution in [0.1, 0.15) is 18.1 Å². The van der Waals surface area contributed by atoms with Crippen molar-refractivity contribution in [2.45, 2.75) is 18.6 Å². The molecule has 0 aromatic heterocycles. The highest BCUT2D eigenvalue weighted by molar-refractivity contribution is 5.18. The second kappa shape index (κ2) is 5.39. The highest BCUT2D eigenvalue weighted by Crippen LogP contribution is 2.19. The summed E-state index contributed by atoms with van der Waals surface area (Å²) in [6, 6.07) is 6.23. The van der Waals surface area contributed by atoms with Crippen LogP contribution in [0.5, 0.6) is 0 Å². The van der Waals surface area contributed by atoms with Crippen molar-refractivity contribution in [1.82, 2.24) is 5.32 Å². The van der Waals surface area contributed by atoms with E-state index in [0.717, 1.165) is 6.54 Å². The van der Waals surface area contributed by atoms with E-state index in [1.807, 2.05) is 0 Å². The van der Waals surface area contributed by atoms with Gasteiger partial charge in [-0.2, -0.15) is 0 Å². The first-order valence-corrected chi connectivity index (χ1v) is 5.50. The molecule has 1 aromatic carbocycles. The molecule has 16 heavy (non-hydrogen) atoms. The maximum Gasteiger partial charge on any atom is 0.123 e. The lowest BCUT2D eigenvalue weighted by Crippen LogP contribution is -2.42. The van der Waals surface area contributed by atoms with E-state index in [-0.39, 0.29) is 11.9 Å². The molecule has 1 fully saturated rings. The summed E-state index contributed by atoms with van der Waals surface area (Å²) in [5.41, 5.74) is 0.618. The molecule has 0 spiro atoms. The molecule has 3 nitrogen and oxygen atoms in total. The molecular weight excluding hydrogens is 209 g/mol. The number of benzene rings is 1. The Labute approximate surface area is 94.2 Å². The lowest BCUT2D eigenvalue weighted by molar-refractivity contribution is 0.0518. The maximum absolute atomic E-state index is 13.0. The van der Waals surface area contributed by atoms with Gasteiger partial charge in [0.15, 0.2) is 0 Å². The standard InChI is InChI=1S/C12H16FNO2/c13-10-3-1-2-9(6-10)12(15)7-11-8-16-5-4-14-11/h1-3,6,11-12,14-15H,4-5,7-8H2. The monoisotopic (exact) mass is 225 g/mol. The third-order valence-corrected chi connectivity index (χ3v) is 2.74. The summed E-state index contributed by atoms with van der Waals surface area (Å²) in [7, 11) is 0. The average molecular weight is 225 g/mol. The predicted octanol–water partition coefficient (Wildman–Crippen LogP) is 1.24. The van der Waals surface area contributed by atoms with Gasteiger partial charge in [-0.1, -0.05) is 12.1 Å². The van der Waals surface area contributed by atoms with E-state index in [9.17, 15) is 9.50 Å². The summed E-state index contributed by atoms with van der Waals surface area (Å²) in [6.45, 7) is 2.12. The number of rotatable bonds is 3. The predicted molar refractivity (Wildman–Crippen MR) is 58.6 cm³/mol. The molecule has 2 N–H and O–H groups in total. The van der Waals surface area contributed by atoms with Gasteiger partial charge in [0.25, 0.3) is 0 Å². The second-order valence-electron chi connectivity index (χ2n) is 4.03. The zero-order chi connectivity index (χ0) is 11.4. The summed E-state index contributed by atoms with van der Waals surface area (Å²) in [5.74, 6) is -0.315. The Morgan fingerprint density at radius 3 is 3.12 bits per heavy atom. The first kappa shape index (κ1) is 11.5. The lowest BCUT2D eigenvalue weighted by Gasteiger charge is -2.25. The van der Waals surface area contributed by atoms with Gasteiger partial charge in [-0.15, -0.1) is 0 Å². The van der Waals surface area contributed by atoms with E-state index in [2.05, 4.69) is 5.32 Å². The van der Waals surface area contributed by atoms with Gasteiger partial charge in [-0.25, -0.2) is 4.39 Å². The van der Waals surface area contributed by atoms with Gasteiger partial charge < -0.3 is 15.2 Å². The van der Waals surface area contributed by atoms with Crippen molar-refractivity contribution in [2.75, 3.05) is 19.8 Å². The highest BCUT2D eigenvalue weighted by atomic mass is 19.1. The third kappa shape index (κ3) is 3.01. The molecule has 0 bridgehead atoms. The van der Waals surface area contributed by atoms with Gasteiger partial charge in [0.1, 0.15) is 5.82 Å². The van der Waals surface area contributed by atoms with E-state index in [1.165, 1.54) is 12.1 Å². The van der Waals surface area contributed by atoms with Crippen LogP contribution in [0.2, 0.25) is 0 Å². The van der Waals surface area contributed by atoms with Crippen LogP contribution < -0.4 is 5.32 Å². The van der Waals surface area contributed by atoms with Gasteiger partial charge in [0, 0.05) is 12.6 Å². The summed E-state index contributed by atoms with van der Waals surface area (Å²) in [6.07, 6.45) is -0.0985. The number of ether oxygens (including phenoxy) is 1. The molecule has 1 heterocycles. The fourth-order valence-electron chi connectivity index (χ4n) is 1.89. The van der Waals surface area contributed by atoms with E-state index >= 15 is 0 Å². The van der Waals surface area contributed by atoms with E-state index in [0.29, 0.717) is 25.2 Å². The Balaban J connectivity index is 1.94. The van der Waals surface area contributed by atoms with Crippen LogP contribution >= 0.6 is 0 Å². The molecule has 1 saturated heterocycles. The van der Waals surface area contributed by atoms with Crippen LogP contribution in [0.3, 0.4) is 0 Å². The summed E-state index contributed by atoms with van der Waals surface area (Å²) in [4.78, 5) is 0. The van der Waals surface area contributed by atoms with E-state index < -0.39 is 6.10 Å². The molecule has 2 atom stereocenters. The molecule has 1 aliphatic rings. The molecule has 0 saturated carbocycles. The van der Waals surface area contributed by atoms with Gasteiger partial charge in [0.2, 0.25) is 0 Å². The van der Waals surface area contributed by atoms with Crippen molar-refractivity contribution < 1.29 is 14.2 Å². The number of halogens is 1. The van der Waals surface area contributed by atoms with Crippen LogP contribution in [0, 0.1) is 5.82 Å². The largest absolute Gasteiger partial charge is 0.388 e. The molecule has 0 aliphatic carbocycles. The van der Waals surface area contributed by atoms with Crippen molar-refractivity contribution in [3.8, 4) is 0 Å². The Morgan fingerprint density at radius 2 is 2.44 bits per heavy atom. The molecule has 1 aliphatic heterocycles. The third-order valence-electron chi connectivity index (χ3n) is 2.74. The van der Waals surface area contributed by atoms with Crippen molar-refractivity contribution >= 4 is 0 Å². The van der Waals surface area contributed by atoms with Crippen molar-refractivity contribution in [3.63, 3.8) is 0 Å². The quantitative estimate of drug-likeness (QED) is 0.813. The average Bonchev–Trinajstić information content (AvgIpc) is 2.30. The molecule has 4 heteroatoms. The molecule has 2 rings (SSSR count). The number of morpholine rings is 1. The highest BCUT2D eigenvalue weighted by Gasteiger charge is 2.18. The fourth-order valence-corrected chi connectivity index (χ4v) is 1.89. The van der Waals surface area contributed by atoms with Crippen LogP contribution in [0.15, 0.2) is 24.3 Å². The smallest absolute Gasteiger partial charge is 0.123 e. The number of aliphatic hydroxyl groups is 1. The van der Waals surface area contributed by atoms with Gasteiger partial charge in [-0.05, 0) is 24.1 Å². The summed E-state index contributed by atoms with van der Waals surface area (Å²) < 4.78 is 18.2. The minimum Gasteiger partial charge on any atom is -0.388 e. The lowest BCUT2D eigenvalue weighted by atomic mass is 10.0. The molecular formula is C12H16FNO2. The summed E-state index contributed by atoms with van der Waals surface area (Å²) >= 11 is 0. The number of hydrogen-bond acceptors (Lipinski definition) is 3. The first-order valence-electron chi connectivity index (χ1n) is 5.50. The molecule has 2 unspecified atom stereocenters. The van der Waals surface area contributed by atoms with Crippen LogP contribution in [0.25, 0.3) is 0 Å². The normalized spacial score (nSPS) is 23.0. The van der Waals surface area contributed by atoms with E-state index in [4.69, 9.17) is 4.74 Å². The van der Waals surface area contributed by atoms with E-state index in [1.54, 1.807) is 12.1 Å². The summed E-state index contributed by atoms with van der Waals surface area (Å²) in [5, 5.41) is 13.2. The molecule has 0 radical (unpaired) electrons. The molecule has 0 amide bonds. The van der Waals surface area contributed by atoms with Crippen molar-refractivity contribution in [2.24, 2.45) is 0 Å².